The monoisotopic (exact) mass is 298 g/mol. The largest absolute Gasteiger partial charge is 0.477 e. The fourth-order valence-electron chi connectivity index (χ4n) is 2.24. The van der Waals surface area contributed by atoms with Gasteiger partial charge < -0.3 is 15.4 Å². The molecule has 0 saturated heterocycles. The van der Waals surface area contributed by atoms with Crippen molar-refractivity contribution < 1.29 is 14.3 Å². The van der Waals surface area contributed by atoms with Gasteiger partial charge in [-0.25, -0.2) is 9.18 Å². The molecule has 0 amide bonds. The molecule has 3 N–H and O–H groups in total. The minimum atomic E-state index is -1.36. The number of aromatic carboxylic acids is 1. The summed E-state index contributed by atoms with van der Waals surface area (Å²) in [5.74, 6) is -1.81. The average molecular weight is 298 g/mol. The number of benzene rings is 2. The van der Waals surface area contributed by atoms with Crippen molar-refractivity contribution in [2.75, 3.05) is 5.32 Å². The average Bonchev–Trinajstić information content (AvgIpc) is 2.47. The highest BCUT2D eigenvalue weighted by Gasteiger charge is 2.18. The van der Waals surface area contributed by atoms with E-state index in [-0.39, 0.29) is 11.2 Å². The summed E-state index contributed by atoms with van der Waals surface area (Å²) in [6.45, 7) is 0. The topological polar surface area (TPSA) is 82.2 Å². The first-order valence-corrected chi connectivity index (χ1v) is 6.47. The Hall–Kier alpha value is -3.15. The zero-order valence-electron chi connectivity index (χ0n) is 11.3. The zero-order valence-corrected chi connectivity index (χ0v) is 11.3. The van der Waals surface area contributed by atoms with Crippen molar-refractivity contribution in [2.45, 2.75) is 0 Å². The number of rotatable bonds is 3. The van der Waals surface area contributed by atoms with Crippen molar-refractivity contribution in [3.63, 3.8) is 0 Å². The number of carboxylic acid groups (broad SMARTS) is 1. The van der Waals surface area contributed by atoms with Gasteiger partial charge in [-0.1, -0.05) is 18.2 Å². The van der Waals surface area contributed by atoms with Crippen molar-refractivity contribution in [2.24, 2.45) is 0 Å². The lowest BCUT2D eigenvalue weighted by Crippen LogP contribution is -2.19. The number of carboxylic acids is 1. The Morgan fingerprint density at radius 3 is 2.64 bits per heavy atom. The highest BCUT2D eigenvalue weighted by atomic mass is 19.1. The van der Waals surface area contributed by atoms with E-state index >= 15 is 0 Å². The Labute approximate surface area is 124 Å². The predicted octanol–water partition coefficient (Wildman–Crippen LogP) is 3.11. The molecule has 1 heterocycles. The van der Waals surface area contributed by atoms with Crippen molar-refractivity contribution in [3.05, 3.63) is 70.1 Å². The summed E-state index contributed by atoms with van der Waals surface area (Å²) < 4.78 is 13.2. The van der Waals surface area contributed by atoms with E-state index in [0.717, 1.165) is 0 Å². The summed E-state index contributed by atoms with van der Waals surface area (Å²) in [7, 11) is 0. The number of pyridine rings is 1. The van der Waals surface area contributed by atoms with Crippen LogP contribution in [0.25, 0.3) is 10.9 Å². The summed E-state index contributed by atoms with van der Waals surface area (Å²) >= 11 is 0. The summed E-state index contributed by atoms with van der Waals surface area (Å²) in [6, 6.07) is 12.1. The number of carbonyl (C=O) groups is 1. The van der Waals surface area contributed by atoms with Crippen LogP contribution in [-0.4, -0.2) is 16.1 Å². The van der Waals surface area contributed by atoms with Gasteiger partial charge in [0.15, 0.2) is 0 Å². The predicted molar refractivity (Wildman–Crippen MR) is 81.2 cm³/mol. The molecule has 6 heteroatoms. The van der Waals surface area contributed by atoms with Crippen LogP contribution in [0.2, 0.25) is 0 Å². The van der Waals surface area contributed by atoms with Gasteiger partial charge in [-0.2, -0.15) is 0 Å². The van der Waals surface area contributed by atoms with Crippen LogP contribution < -0.4 is 10.7 Å². The van der Waals surface area contributed by atoms with Crippen LogP contribution in [0.4, 0.5) is 15.9 Å². The second kappa shape index (κ2) is 5.33. The maximum atomic E-state index is 13.2. The summed E-state index contributed by atoms with van der Waals surface area (Å²) in [6.07, 6.45) is 0. The lowest BCUT2D eigenvalue weighted by molar-refractivity contribution is 0.0696. The summed E-state index contributed by atoms with van der Waals surface area (Å²) in [5.41, 5.74) is -0.173. The molecule has 0 fully saturated rings. The van der Waals surface area contributed by atoms with E-state index in [1.165, 1.54) is 18.2 Å². The molecule has 0 spiro atoms. The van der Waals surface area contributed by atoms with Gasteiger partial charge in [0, 0.05) is 11.1 Å². The van der Waals surface area contributed by atoms with Gasteiger partial charge in [0.25, 0.3) is 0 Å². The normalized spacial score (nSPS) is 10.6. The van der Waals surface area contributed by atoms with E-state index in [4.69, 9.17) is 0 Å². The first-order valence-electron chi connectivity index (χ1n) is 6.47. The van der Waals surface area contributed by atoms with Gasteiger partial charge in [-0.05, 0) is 30.3 Å². The highest BCUT2D eigenvalue weighted by molar-refractivity contribution is 5.98. The number of hydrogen-bond donors (Lipinski definition) is 3. The number of anilines is 2. The van der Waals surface area contributed by atoms with Crippen molar-refractivity contribution in [1.29, 1.82) is 0 Å². The molecule has 0 unspecified atom stereocenters. The number of hydrogen-bond acceptors (Lipinski definition) is 3. The molecule has 0 aliphatic heterocycles. The number of H-pyrrole nitrogens is 1. The number of fused-ring (bicyclic) bond motifs is 1. The molecule has 2 aromatic carbocycles. The minimum Gasteiger partial charge on any atom is -0.477 e. The van der Waals surface area contributed by atoms with Crippen LogP contribution in [0.1, 0.15) is 10.4 Å². The van der Waals surface area contributed by atoms with Gasteiger partial charge in [0.1, 0.15) is 17.2 Å². The van der Waals surface area contributed by atoms with Gasteiger partial charge >= 0.3 is 5.97 Å². The molecular weight excluding hydrogens is 287 g/mol. The zero-order chi connectivity index (χ0) is 15.7. The number of aromatic amines is 1. The molecule has 5 nitrogen and oxygen atoms in total. The van der Waals surface area contributed by atoms with Gasteiger partial charge in [0.2, 0.25) is 5.43 Å². The van der Waals surface area contributed by atoms with Crippen molar-refractivity contribution in [1.82, 2.24) is 4.98 Å². The molecule has 0 radical (unpaired) electrons. The minimum absolute atomic E-state index is 0.0156. The lowest BCUT2D eigenvalue weighted by atomic mass is 10.1. The second-order valence-electron chi connectivity index (χ2n) is 4.69. The molecule has 0 atom stereocenters. The number of nitrogens with one attached hydrogen (secondary N) is 2. The number of para-hydroxylation sites is 1. The Kier molecular flexibility index (Phi) is 3.34. The van der Waals surface area contributed by atoms with E-state index < -0.39 is 22.8 Å². The molecule has 0 aliphatic carbocycles. The van der Waals surface area contributed by atoms with E-state index in [1.807, 2.05) is 0 Å². The summed E-state index contributed by atoms with van der Waals surface area (Å²) in [4.78, 5) is 26.6. The Balaban J connectivity index is 2.21. The smallest absolute Gasteiger partial charge is 0.343 e. The van der Waals surface area contributed by atoms with Crippen LogP contribution in [0.15, 0.2) is 53.3 Å². The molecular formula is C16H11FN2O3. The standard InChI is InChI=1S/C16H11FN2O3/c17-9-4-3-5-10(8-9)18-15-13(16(21)22)14(20)11-6-1-2-7-12(11)19-15/h1-8H,(H,21,22)(H2,18,19,20). The quantitative estimate of drug-likeness (QED) is 0.694. The highest BCUT2D eigenvalue weighted by Crippen LogP contribution is 2.20. The van der Waals surface area contributed by atoms with E-state index in [2.05, 4.69) is 10.3 Å². The second-order valence-corrected chi connectivity index (χ2v) is 4.69. The molecule has 1 aromatic heterocycles. The molecule has 3 rings (SSSR count). The van der Waals surface area contributed by atoms with E-state index in [9.17, 15) is 19.1 Å². The fourth-order valence-corrected chi connectivity index (χ4v) is 2.24. The number of aromatic nitrogens is 1. The van der Waals surface area contributed by atoms with Crippen LogP contribution in [0.3, 0.4) is 0 Å². The number of halogens is 1. The molecule has 0 saturated carbocycles. The Bertz CT molecular complexity index is 934. The third-order valence-corrected chi connectivity index (χ3v) is 3.22. The van der Waals surface area contributed by atoms with Crippen LogP contribution in [0.5, 0.6) is 0 Å². The third kappa shape index (κ3) is 2.42. The molecule has 0 aliphatic rings. The molecule has 22 heavy (non-hydrogen) atoms. The third-order valence-electron chi connectivity index (χ3n) is 3.22. The van der Waals surface area contributed by atoms with Crippen LogP contribution in [-0.2, 0) is 0 Å². The Morgan fingerprint density at radius 2 is 1.91 bits per heavy atom. The van der Waals surface area contributed by atoms with Crippen LogP contribution in [0, 0.1) is 5.82 Å². The molecule has 0 bridgehead atoms. The van der Waals surface area contributed by atoms with E-state index in [0.29, 0.717) is 11.2 Å². The van der Waals surface area contributed by atoms with Gasteiger partial charge in [0.05, 0.1) is 5.52 Å². The molecule has 110 valence electrons. The van der Waals surface area contributed by atoms with E-state index in [1.54, 1.807) is 30.3 Å². The van der Waals surface area contributed by atoms with Gasteiger partial charge in [-0.3, -0.25) is 4.79 Å². The lowest BCUT2D eigenvalue weighted by Gasteiger charge is -2.11. The maximum Gasteiger partial charge on any atom is 0.343 e. The molecule has 3 aromatic rings. The first-order chi connectivity index (χ1) is 10.6. The van der Waals surface area contributed by atoms with Crippen LogP contribution >= 0.6 is 0 Å². The summed E-state index contributed by atoms with van der Waals surface area (Å²) in [5, 5.41) is 12.3. The maximum absolute atomic E-state index is 13.2. The first kappa shape index (κ1) is 13.8. The Morgan fingerprint density at radius 1 is 1.14 bits per heavy atom. The van der Waals surface area contributed by atoms with Crippen molar-refractivity contribution in [3.8, 4) is 0 Å². The SMILES string of the molecule is O=C(O)c1c(Nc2cccc(F)c2)[nH]c2ccccc2c1=O. The fraction of sp³-hybridized carbons (Fsp3) is 0. The van der Waals surface area contributed by atoms with Crippen molar-refractivity contribution >= 4 is 28.4 Å². The van der Waals surface area contributed by atoms with Gasteiger partial charge in [-0.15, -0.1) is 0 Å².